The molecule has 0 N–H and O–H groups in total. The summed E-state index contributed by atoms with van der Waals surface area (Å²) in [5.74, 6) is -0.0449. The molecule has 146 valence electrons. The molecule has 1 amide bonds. The van der Waals surface area contributed by atoms with E-state index >= 15 is 0 Å². The molecule has 0 aliphatic carbocycles. The van der Waals surface area contributed by atoms with Crippen molar-refractivity contribution in [2.45, 2.75) is 26.3 Å². The molecular weight excluding hydrogens is 358 g/mol. The van der Waals surface area contributed by atoms with E-state index in [1.54, 1.807) is 54.5 Å². The summed E-state index contributed by atoms with van der Waals surface area (Å²) in [5.41, 5.74) is 1.74. The molecule has 1 aromatic carbocycles. The zero-order chi connectivity index (χ0) is 20.2. The van der Waals surface area contributed by atoms with Crippen LogP contribution in [0.2, 0.25) is 0 Å². The molecule has 28 heavy (non-hydrogen) atoms. The second-order valence-corrected chi connectivity index (χ2v) is 6.00. The van der Waals surface area contributed by atoms with Crippen molar-refractivity contribution < 1.29 is 19.1 Å². The summed E-state index contributed by atoms with van der Waals surface area (Å²) in [7, 11) is 0. The van der Waals surface area contributed by atoms with Crippen molar-refractivity contribution in [2.24, 2.45) is 0 Å². The molecule has 0 radical (unpaired) electrons. The van der Waals surface area contributed by atoms with Crippen LogP contribution in [-0.2, 0) is 27.3 Å². The Balaban J connectivity index is 1.96. The summed E-state index contributed by atoms with van der Waals surface area (Å²) >= 11 is 0. The number of esters is 1. The molecule has 0 saturated heterocycles. The van der Waals surface area contributed by atoms with Crippen molar-refractivity contribution in [3.05, 3.63) is 59.9 Å². The lowest BCUT2D eigenvalue weighted by Gasteiger charge is -2.22. The van der Waals surface area contributed by atoms with Gasteiger partial charge in [0.2, 0.25) is 0 Å². The first-order valence-electron chi connectivity index (χ1n) is 9.03. The molecule has 0 aliphatic heterocycles. The topological polar surface area (TPSA) is 92.5 Å². The Morgan fingerprint density at radius 2 is 1.96 bits per heavy atom. The van der Waals surface area contributed by atoms with Crippen LogP contribution in [-0.4, -0.2) is 41.5 Å². The zero-order valence-corrected chi connectivity index (χ0v) is 15.8. The summed E-state index contributed by atoms with van der Waals surface area (Å²) in [5, 5.41) is 8.70. The fraction of sp³-hybridized carbons (Fsp3) is 0.333. The average molecular weight is 381 g/mol. The molecule has 7 nitrogen and oxygen atoms in total. The van der Waals surface area contributed by atoms with E-state index in [1.165, 1.54) is 0 Å². The van der Waals surface area contributed by atoms with Crippen LogP contribution >= 0.6 is 0 Å². The molecule has 0 atom stereocenters. The van der Waals surface area contributed by atoms with Gasteiger partial charge in [-0.3, -0.25) is 14.6 Å². The van der Waals surface area contributed by atoms with Crippen LogP contribution in [0, 0.1) is 11.3 Å². The number of pyridine rings is 1. The van der Waals surface area contributed by atoms with Gasteiger partial charge in [-0.25, -0.2) is 0 Å². The Morgan fingerprint density at radius 3 is 2.61 bits per heavy atom. The summed E-state index contributed by atoms with van der Waals surface area (Å²) in [4.78, 5) is 29.9. The lowest BCUT2D eigenvalue weighted by Crippen LogP contribution is -2.36. The van der Waals surface area contributed by atoms with Crippen LogP contribution in [0.1, 0.15) is 24.5 Å². The Labute approximate surface area is 164 Å². The van der Waals surface area contributed by atoms with Gasteiger partial charge in [-0.15, -0.1) is 0 Å². The third-order valence-corrected chi connectivity index (χ3v) is 3.91. The van der Waals surface area contributed by atoms with E-state index in [-0.39, 0.29) is 31.4 Å². The number of hydrogen-bond acceptors (Lipinski definition) is 6. The van der Waals surface area contributed by atoms with Gasteiger partial charge in [0.1, 0.15) is 5.75 Å². The molecule has 0 aliphatic rings. The maximum absolute atomic E-state index is 12.6. The number of carbonyl (C=O) groups is 2. The van der Waals surface area contributed by atoms with Crippen molar-refractivity contribution in [1.29, 1.82) is 5.26 Å². The van der Waals surface area contributed by atoms with E-state index in [0.29, 0.717) is 25.3 Å². The first-order chi connectivity index (χ1) is 13.6. The summed E-state index contributed by atoms with van der Waals surface area (Å²) < 4.78 is 10.5. The fourth-order valence-corrected chi connectivity index (χ4v) is 2.49. The van der Waals surface area contributed by atoms with Gasteiger partial charge in [0.05, 0.1) is 25.5 Å². The van der Waals surface area contributed by atoms with Gasteiger partial charge in [0.15, 0.2) is 6.61 Å². The highest BCUT2D eigenvalue weighted by atomic mass is 16.5. The van der Waals surface area contributed by atoms with Crippen molar-refractivity contribution in [2.75, 3.05) is 19.8 Å². The highest BCUT2D eigenvalue weighted by molar-refractivity contribution is 5.78. The predicted molar refractivity (Wildman–Crippen MR) is 102 cm³/mol. The molecule has 0 fully saturated rings. The number of carbonyl (C=O) groups excluding carboxylic acids is 2. The second kappa shape index (κ2) is 11.3. The van der Waals surface area contributed by atoms with Crippen LogP contribution in [0.15, 0.2) is 48.8 Å². The molecule has 2 rings (SSSR count). The predicted octanol–water partition coefficient (Wildman–Crippen LogP) is 2.51. The molecule has 1 heterocycles. The Kier molecular flexibility index (Phi) is 8.47. The normalized spacial score (nSPS) is 10.0. The standard InChI is InChI=1S/C21H23N3O4/c1-2-27-21(26)10-13-24(15-18-4-3-12-23-14-18)20(25)16-28-19-7-5-17(6-8-19)9-11-22/h3-8,12,14H,2,9-10,13,15-16H2,1H3. The van der Waals surface area contributed by atoms with E-state index in [9.17, 15) is 9.59 Å². The fourth-order valence-electron chi connectivity index (χ4n) is 2.49. The Morgan fingerprint density at radius 1 is 1.18 bits per heavy atom. The quantitative estimate of drug-likeness (QED) is 0.587. The molecule has 7 heteroatoms. The van der Waals surface area contributed by atoms with Crippen LogP contribution < -0.4 is 4.74 Å². The van der Waals surface area contributed by atoms with Crippen molar-refractivity contribution in [3.8, 4) is 11.8 Å². The van der Waals surface area contributed by atoms with E-state index in [1.807, 2.05) is 6.07 Å². The third-order valence-electron chi connectivity index (χ3n) is 3.91. The zero-order valence-electron chi connectivity index (χ0n) is 15.8. The van der Waals surface area contributed by atoms with Gasteiger partial charge in [0.25, 0.3) is 5.91 Å². The van der Waals surface area contributed by atoms with E-state index in [2.05, 4.69) is 11.1 Å². The van der Waals surface area contributed by atoms with E-state index in [0.717, 1.165) is 11.1 Å². The van der Waals surface area contributed by atoms with Crippen molar-refractivity contribution in [1.82, 2.24) is 9.88 Å². The van der Waals surface area contributed by atoms with Gasteiger partial charge >= 0.3 is 5.97 Å². The van der Waals surface area contributed by atoms with E-state index in [4.69, 9.17) is 14.7 Å². The second-order valence-electron chi connectivity index (χ2n) is 6.00. The minimum atomic E-state index is -0.347. The van der Waals surface area contributed by atoms with Crippen molar-refractivity contribution in [3.63, 3.8) is 0 Å². The smallest absolute Gasteiger partial charge is 0.307 e. The largest absolute Gasteiger partial charge is 0.484 e. The summed E-state index contributed by atoms with van der Waals surface area (Å²) in [6.07, 6.45) is 3.78. The van der Waals surface area contributed by atoms with Gasteiger partial charge in [-0.1, -0.05) is 18.2 Å². The number of hydrogen-bond donors (Lipinski definition) is 0. The molecular formula is C21H23N3O4. The van der Waals surface area contributed by atoms with Crippen LogP contribution in [0.3, 0.4) is 0 Å². The summed E-state index contributed by atoms with van der Waals surface area (Å²) in [6.45, 7) is 2.46. The van der Waals surface area contributed by atoms with Gasteiger partial charge in [-0.2, -0.15) is 5.26 Å². The molecule has 0 saturated carbocycles. The van der Waals surface area contributed by atoms with Gasteiger partial charge in [0, 0.05) is 25.5 Å². The maximum atomic E-state index is 12.6. The lowest BCUT2D eigenvalue weighted by atomic mass is 10.2. The number of amides is 1. The third kappa shape index (κ3) is 7.08. The first-order valence-corrected chi connectivity index (χ1v) is 9.03. The minimum Gasteiger partial charge on any atom is -0.484 e. The number of benzene rings is 1. The Hall–Kier alpha value is -3.40. The SMILES string of the molecule is CCOC(=O)CCN(Cc1cccnc1)C(=O)COc1ccc(CC#N)cc1. The number of ether oxygens (including phenoxy) is 2. The monoisotopic (exact) mass is 381 g/mol. The lowest BCUT2D eigenvalue weighted by molar-refractivity contribution is -0.144. The molecule has 0 bridgehead atoms. The van der Waals surface area contributed by atoms with Crippen LogP contribution in [0.4, 0.5) is 0 Å². The Bertz CT molecular complexity index is 801. The molecule has 1 aromatic heterocycles. The maximum Gasteiger partial charge on any atom is 0.307 e. The minimum absolute atomic E-state index is 0.114. The average Bonchev–Trinajstić information content (AvgIpc) is 2.71. The van der Waals surface area contributed by atoms with Crippen molar-refractivity contribution >= 4 is 11.9 Å². The number of rotatable bonds is 10. The van der Waals surface area contributed by atoms with Crippen LogP contribution in [0.5, 0.6) is 5.75 Å². The first kappa shape index (κ1) is 20.9. The number of nitrogens with zero attached hydrogens (tertiary/aromatic N) is 3. The highest BCUT2D eigenvalue weighted by Crippen LogP contribution is 2.13. The molecule has 0 unspecified atom stereocenters. The highest BCUT2D eigenvalue weighted by Gasteiger charge is 2.17. The summed E-state index contributed by atoms with van der Waals surface area (Å²) in [6, 6.07) is 12.8. The molecule has 0 spiro atoms. The number of nitriles is 1. The number of aromatic nitrogens is 1. The van der Waals surface area contributed by atoms with Gasteiger partial charge < -0.3 is 14.4 Å². The van der Waals surface area contributed by atoms with Gasteiger partial charge in [-0.05, 0) is 36.2 Å². The molecule has 2 aromatic rings. The van der Waals surface area contributed by atoms with E-state index < -0.39 is 0 Å². The van der Waals surface area contributed by atoms with Crippen LogP contribution in [0.25, 0.3) is 0 Å².